The van der Waals surface area contributed by atoms with Crippen molar-refractivity contribution in [3.63, 3.8) is 0 Å². The first kappa shape index (κ1) is 19.2. The van der Waals surface area contributed by atoms with E-state index in [1.54, 1.807) is 24.5 Å². The molecule has 2 N–H and O–H groups in total. The van der Waals surface area contributed by atoms with Crippen molar-refractivity contribution in [1.82, 2.24) is 15.6 Å². The predicted octanol–water partition coefficient (Wildman–Crippen LogP) is 1.97. The van der Waals surface area contributed by atoms with Crippen LogP contribution in [0.15, 0.2) is 54.9 Å². The normalized spacial score (nSPS) is 10.5. The number of rotatable bonds is 9. The first-order chi connectivity index (χ1) is 12.7. The zero-order valence-electron chi connectivity index (χ0n) is 14.8. The lowest BCUT2D eigenvalue weighted by Crippen LogP contribution is -2.28. The Morgan fingerprint density at radius 3 is 2.85 bits per heavy atom. The highest BCUT2D eigenvalue weighted by molar-refractivity contribution is 5.91. The summed E-state index contributed by atoms with van der Waals surface area (Å²) in [6.45, 7) is 2.94. The van der Waals surface area contributed by atoms with E-state index in [4.69, 9.17) is 4.74 Å². The van der Waals surface area contributed by atoms with Gasteiger partial charge >= 0.3 is 0 Å². The molecule has 0 saturated carbocycles. The Balaban J connectivity index is 1.75. The summed E-state index contributed by atoms with van der Waals surface area (Å²) < 4.78 is 5.46. The third-order valence-electron chi connectivity index (χ3n) is 3.47. The Hall–Kier alpha value is -3.15. The predicted molar refractivity (Wildman–Crippen MR) is 101 cm³/mol. The molecule has 0 aliphatic carbocycles. The fourth-order valence-corrected chi connectivity index (χ4v) is 2.22. The molecule has 0 aliphatic rings. The topological polar surface area (TPSA) is 80.3 Å². The fourth-order valence-electron chi connectivity index (χ4n) is 2.22. The molecule has 1 heterocycles. The van der Waals surface area contributed by atoms with Gasteiger partial charge in [0.2, 0.25) is 5.91 Å². The standard InChI is InChI=1S/C20H23N3O3/c1-2-22-20(25)15-26-18-7-3-5-16(13-18)10-12-23-19(24)9-8-17-6-4-11-21-14-17/h3-9,11,13-14H,2,10,12,15H2,1H3,(H,22,25)(H,23,24). The molecule has 2 rings (SSSR count). The Bertz CT molecular complexity index is 745. The van der Waals surface area contributed by atoms with Crippen LogP contribution in [0.4, 0.5) is 0 Å². The zero-order valence-corrected chi connectivity index (χ0v) is 14.8. The lowest BCUT2D eigenvalue weighted by Gasteiger charge is -2.08. The number of hydrogen-bond donors (Lipinski definition) is 2. The van der Waals surface area contributed by atoms with Crippen LogP contribution < -0.4 is 15.4 Å². The number of hydrogen-bond acceptors (Lipinski definition) is 4. The van der Waals surface area contributed by atoms with Crippen LogP contribution in [-0.2, 0) is 16.0 Å². The number of nitrogens with zero attached hydrogens (tertiary/aromatic N) is 1. The van der Waals surface area contributed by atoms with E-state index in [1.807, 2.05) is 37.3 Å². The third kappa shape index (κ3) is 7.17. The van der Waals surface area contributed by atoms with Crippen LogP contribution in [0.3, 0.4) is 0 Å². The third-order valence-corrected chi connectivity index (χ3v) is 3.47. The number of nitrogens with one attached hydrogen (secondary N) is 2. The minimum absolute atomic E-state index is 0.00678. The van der Waals surface area contributed by atoms with Gasteiger partial charge in [0, 0.05) is 31.6 Å². The smallest absolute Gasteiger partial charge is 0.257 e. The highest BCUT2D eigenvalue weighted by Crippen LogP contribution is 2.13. The number of amides is 2. The van der Waals surface area contributed by atoms with Crippen molar-refractivity contribution in [1.29, 1.82) is 0 Å². The summed E-state index contributed by atoms with van der Waals surface area (Å²) in [6.07, 6.45) is 7.26. The lowest BCUT2D eigenvalue weighted by atomic mass is 10.1. The Labute approximate surface area is 153 Å². The molecule has 1 aromatic heterocycles. The first-order valence-electron chi connectivity index (χ1n) is 8.51. The van der Waals surface area contributed by atoms with Gasteiger partial charge in [-0.1, -0.05) is 18.2 Å². The lowest BCUT2D eigenvalue weighted by molar-refractivity contribution is -0.123. The van der Waals surface area contributed by atoms with Crippen LogP contribution in [0.2, 0.25) is 0 Å². The van der Waals surface area contributed by atoms with Crippen molar-refractivity contribution in [2.24, 2.45) is 0 Å². The molecule has 6 nitrogen and oxygen atoms in total. The van der Waals surface area contributed by atoms with Gasteiger partial charge in [0.15, 0.2) is 6.61 Å². The van der Waals surface area contributed by atoms with Gasteiger partial charge in [-0.3, -0.25) is 14.6 Å². The van der Waals surface area contributed by atoms with Crippen molar-refractivity contribution < 1.29 is 14.3 Å². The number of likely N-dealkylation sites (N-methyl/N-ethyl adjacent to an activating group) is 1. The van der Waals surface area contributed by atoms with Crippen LogP contribution in [0.25, 0.3) is 6.08 Å². The Morgan fingerprint density at radius 1 is 1.19 bits per heavy atom. The van der Waals surface area contributed by atoms with E-state index in [2.05, 4.69) is 15.6 Å². The van der Waals surface area contributed by atoms with Crippen molar-refractivity contribution in [3.8, 4) is 5.75 Å². The van der Waals surface area contributed by atoms with Gasteiger partial charge in [-0.05, 0) is 48.7 Å². The second kappa shape index (κ2) is 10.7. The molecule has 1 aromatic carbocycles. The number of carbonyl (C=O) groups excluding carboxylic acids is 2. The van der Waals surface area contributed by atoms with E-state index in [9.17, 15) is 9.59 Å². The molecule has 6 heteroatoms. The monoisotopic (exact) mass is 353 g/mol. The summed E-state index contributed by atoms with van der Waals surface area (Å²) in [5.74, 6) is 0.333. The summed E-state index contributed by atoms with van der Waals surface area (Å²) >= 11 is 0. The fraction of sp³-hybridized carbons (Fsp3) is 0.250. The van der Waals surface area contributed by atoms with Gasteiger partial charge in [-0.15, -0.1) is 0 Å². The Kier molecular flexibility index (Phi) is 7.86. The summed E-state index contributed by atoms with van der Waals surface area (Å²) in [5.41, 5.74) is 1.90. The maximum absolute atomic E-state index is 11.8. The van der Waals surface area contributed by atoms with Gasteiger partial charge in [0.25, 0.3) is 5.91 Å². The van der Waals surface area contributed by atoms with E-state index in [-0.39, 0.29) is 18.4 Å². The quantitative estimate of drug-likeness (QED) is 0.676. The molecular formula is C20H23N3O3. The molecular weight excluding hydrogens is 330 g/mol. The van der Waals surface area contributed by atoms with Crippen molar-refractivity contribution in [2.75, 3.05) is 19.7 Å². The minimum Gasteiger partial charge on any atom is -0.484 e. The molecule has 2 aromatic rings. The molecule has 136 valence electrons. The Morgan fingerprint density at radius 2 is 2.08 bits per heavy atom. The van der Waals surface area contributed by atoms with Crippen molar-refractivity contribution in [3.05, 3.63) is 66.0 Å². The highest BCUT2D eigenvalue weighted by Gasteiger charge is 2.02. The maximum atomic E-state index is 11.8. The van der Waals surface area contributed by atoms with Crippen molar-refractivity contribution in [2.45, 2.75) is 13.3 Å². The number of carbonyl (C=O) groups is 2. The van der Waals surface area contributed by atoms with Gasteiger partial charge in [0.1, 0.15) is 5.75 Å². The molecule has 26 heavy (non-hydrogen) atoms. The maximum Gasteiger partial charge on any atom is 0.257 e. The number of aromatic nitrogens is 1. The molecule has 0 atom stereocenters. The molecule has 2 amide bonds. The highest BCUT2D eigenvalue weighted by atomic mass is 16.5. The first-order valence-corrected chi connectivity index (χ1v) is 8.51. The molecule has 0 bridgehead atoms. The van der Waals surface area contributed by atoms with Crippen molar-refractivity contribution >= 4 is 17.9 Å². The van der Waals surface area contributed by atoms with E-state index in [0.717, 1.165) is 11.1 Å². The average Bonchev–Trinajstić information content (AvgIpc) is 2.66. The summed E-state index contributed by atoms with van der Waals surface area (Å²) in [6, 6.07) is 11.2. The molecule has 0 radical (unpaired) electrons. The van der Waals surface area contributed by atoms with E-state index in [1.165, 1.54) is 6.08 Å². The molecule has 0 unspecified atom stereocenters. The van der Waals surface area contributed by atoms with Gasteiger partial charge < -0.3 is 15.4 Å². The second-order valence-corrected chi connectivity index (χ2v) is 5.55. The number of benzene rings is 1. The van der Waals surface area contributed by atoms with Crippen LogP contribution >= 0.6 is 0 Å². The summed E-state index contributed by atoms with van der Waals surface area (Å²) in [4.78, 5) is 27.2. The van der Waals surface area contributed by atoms with Gasteiger partial charge in [0.05, 0.1) is 0 Å². The van der Waals surface area contributed by atoms with Gasteiger partial charge in [-0.2, -0.15) is 0 Å². The molecule has 0 fully saturated rings. The molecule has 0 saturated heterocycles. The van der Waals surface area contributed by atoms with Crippen LogP contribution in [0.1, 0.15) is 18.1 Å². The van der Waals surface area contributed by atoms with E-state index >= 15 is 0 Å². The van der Waals surface area contributed by atoms with E-state index < -0.39 is 0 Å². The van der Waals surface area contributed by atoms with Crippen LogP contribution in [0, 0.1) is 0 Å². The van der Waals surface area contributed by atoms with E-state index in [0.29, 0.717) is 25.3 Å². The zero-order chi connectivity index (χ0) is 18.6. The van der Waals surface area contributed by atoms with Crippen LogP contribution in [-0.4, -0.2) is 36.5 Å². The minimum atomic E-state index is -0.155. The molecule has 0 spiro atoms. The largest absolute Gasteiger partial charge is 0.484 e. The second-order valence-electron chi connectivity index (χ2n) is 5.55. The van der Waals surface area contributed by atoms with Crippen LogP contribution in [0.5, 0.6) is 5.75 Å². The SMILES string of the molecule is CCNC(=O)COc1cccc(CCNC(=O)C=Cc2cccnc2)c1. The average molecular weight is 353 g/mol. The molecule has 0 aliphatic heterocycles. The number of ether oxygens (including phenoxy) is 1. The summed E-state index contributed by atoms with van der Waals surface area (Å²) in [5, 5.41) is 5.52. The summed E-state index contributed by atoms with van der Waals surface area (Å²) in [7, 11) is 0. The van der Waals surface area contributed by atoms with Gasteiger partial charge in [-0.25, -0.2) is 0 Å². The number of pyridine rings is 1.